The maximum absolute atomic E-state index is 12.1. The van der Waals surface area contributed by atoms with Gasteiger partial charge in [0.2, 0.25) is 5.91 Å². The number of hydrogen-bond donors (Lipinski definition) is 1. The first-order chi connectivity index (χ1) is 11.6. The molecule has 0 aliphatic carbocycles. The maximum atomic E-state index is 12.1. The van der Waals surface area contributed by atoms with E-state index in [0.717, 1.165) is 30.6 Å². The molecule has 124 valence electrons. The van der Waals surface area contributed by atoms with E-state index >= 15 is 0 Å². The van der Waals surface area contributed by atoms with Crippen LogP contribution < -0.4 is 15.0 Å². The lowest BCUT2D eigenvalue weighted by Crippen LogP contribution is -2.33. The smallest absolute Gasteiger partial charge is 0.262 e. The number of ether oxygens (including phenoxy) is 1. The Balaban J connectivity index is 1.66. The summed E-state index contributed by atoms with van der Waals surface area (Å²) in [4.78, 5) is 25.6. The van der Waals surface area contributed by atoms with Gasteiger partial charge in [-0.25, -0.2) is 0 Å². The van der Waals surface area contributed by atoms with Crippen LogP contribution in [0.25, 0.3) is 0 Å². The first-order valence-electron chi connectivity index (χ1n) is 8.02. The van der Waals surface area contributed by atoms with E-state index in [1.165, 1.54) is 0 Å². The van der Waals surface area contributed by atoms with Crippen LogP contribution in [0.5, 0.6) is 5.75 Å². The summed E-state index contributed by atoms with van der Waals surface area (Å²) in [5.74, 6) is 0.441. The van der Waals surface area contributed by atoms with E-state index in [4.69, 9.17) is 4.74 Å². The summed E-state index contributed by atoms with van der Waals surface area (Å²) < 4.78 is 5.44. The second kappa shape index (κ2) is 7.17. The normalized spacial score (nSPS) is 13.1. The minimum Gasteiger partial charge on any atom is -0.484 e. The van der Waals surface area contributed by atoms with Crippen molar-refractivity contribution >= 4 is 23.2 Å². The van der Waals surface area contributed by atoms with Gasteiger partial charge >= 0.3 is 0 Å². The predicted molar refractivity (Wildman–Crippen MR) is 93.4 cm³/mol. The van der Waals surface area contributed by atoms with Gasteiger partial charge in [0.25, 0.3) is 5.91 Å². The summed E-state index contributed by atoms with van der Waals surface area (Å²) in [5, 5.41) is 2.82. The molecule has 2 aromatic rings. The van der Waals surface area contributed by atoms with Gasteiger partial charge in [0.05, 0.1) is 0 Å². The molecule has 0 radical (unpaired) electrons. The van der Waals surface area contributed by atoms with Crippen molar-refractivity contribution in [3.63, 3.8) is 0 Å². The van der Waals surface area contributed by atoms with Crippen LogP contribution in [0.1, 0.15) is 18.9 Å². The SMILES string of the molecule is CC(=O)N1CCCc2ccc(NC(=O)COc3ccccc3)cc21. The third-order valence-electron chi connectivity index (χ3n) is 3.98. The zero-order valence-corrected chi connectivity index (χ0v) is 13.6. The molecule has 1 N–H and O–H groups in total. The van der Waals surface area contributed by atoms with Crippen LogP contribution in [0.15, 0.2) is 48.5 Å². The summed E-state index contributed by atoms with van der Waals surface area (Å²) >= 11 is 0. The van der Waals surface area contributed by atoms with Crippen molar-refractivity contribution in [1.29, 1.82) is 0 Å². The average Bonchev–Trinajstić information content (AvgIpc) is 2.60. The first-order valence-corrected chi connectivity index (χ1v) is 8.02. The van der Waals surface area contributed by atoms with Gasteiger partial charge in [-0.05, 0) is 42.7 Å². The Hall–Kier alpha value is -2.82. The second-order valence-electron chi connectivity index (χ2n) is 5.77. The fourth-order valence-electron chi connectivity index (χ4n) is 2.84. The molecular formula is C19H20N2O3. The number of benzene rings is 2. The standard InChI is InChI=1S/C19H20N2O3/c1-14(22)21-11-5-6-15-9-10-16(12-18(15)21)20-19(23)13-24-17-7-3-2-4-8-17/h2-4,7-10,12H,5-6,11,13H2,1H3,(H,20,23). The van der Waals surface area contributed by atoms with Crippen LogP contribution in [0, 0.1) is 0 Å². The Morgan fingerprint density at radius 3 is 2.71 bits per heavy atom. The topological polar surface area (TPSA) is 58.6 Å². The molecule has 0 aromatic heterocycles. The number of fused-ring (bicyclic) bond motifs is 1. The molecular weight excluding hydrogens is 304 g/mol. The van der Waals surface area contributed by atoms with Crippen molar-refractivity contribution in [2.75, 3.05) is 23.4 Å². The Morgan fingerprint density at radius 2 is 1.96 bits per heavy atom. The molecule has 1 aliphatic rings. The van der Waals surface area contributed by atoms with Crippen molar-refractivity contribution < 1.29 is 14.3 Å². The first kappa shape index (κ1) is 16.1. The molecule has 1 aliphatic heterocycles. The molecule has 0 bridgehead atoms. The van der Waals surface area contributed by atoms with Crippen LogP contribution >= 0.6 is 0 Å². The average molecular weight is 324 g/mol. The molecule has 0 saturated heterocycles. The molecule has 0 fully saturated rings. The Kier molecular flexibility index (Phi) is 4.79. The van der Waals surface area contributed by atoms with Gasteiger partial charge in [-0.3, -0.25) is 9.59 Å². The van der Waals surface area contributed by atoms with Gasteiger partial charge in [-0.1, -0.05) is 24.3 Å². The lowest BCUT2D eigenvalue weighted by Gasteiger charge is -2.29. The van der Waals surface area contributed by atoms with E-state index in [1.807, 2.05) is 36.4 Å². The maximum Gasteiger partial charge on any atom is 0.262 e. The minimum absolute atomic E-state index is 0.0202. The summed E-state index contributed by atoms with van der Waals surface area (Å²) in [6.07, 6.45) is 1.91. The van der Waals surface area contributed by atoms with Crippen molar-refractivity contribution in [2.45, 2.75) is 19.8 Å². The van der Waals surface area contributed by atoms with Crippen LogP contribution in [0.2, 0.25) is 0 Å². The molecule has 5 nitrogen and oxygen atoms in total. The van der Waals surface area contributed by atoms with Gasteiger partial charge in [0, 0.05) is 24.8 Å². The largest absolute Gasteiger partial charge is 0.484 e. The van der Waals surface area contributed by atoms with Crippen molar-refractivity contribution in [3.8, 4) is 5.75 Å². The Labute approximate surface area is 141 Å². The number of hydrogen-bond acceptors (Lipinski definition) is 3. The van der Waals surface area contributed by atoms with Gasteiger partial charge < -0.3 is 15.0 Å². The molecule has 0 atom stereocenters. The number of carbonyl (C=O) groups excluding carboxylic acids is 2. The summed E-state index contributed by atoms with van der Waals surface area (Å²) in [5.41, 5.74) is 2.69. The number of amides is 2. The molecule has 0 unspecified atom stereocenters. The van der Waals surface area contributed by atoms with E-state index in [-0.39, 0.29) is 18.4 Å². The monoisotopic (exact) mass is 324 g/mol. The van der Waals surface area contributed by atoms with E-state index in [9.17, 15) is 9.59 Å². The van der Waals surface area contributed by atoms with Crippen LogP contribution in [0.3, 0.4) is 0 Å². The molecule has 24 heavy (non-hydrogen) atoms. The number of para-hydroxylation sites is 1. The fourth-order valence-corrected chi connectivity index (χ4v) is 2.84. The third kappa shape index (κ3) is 3.74. The van der Waals surface area contributed by atoms with Gasteiger partial charge in [-0.2, -0.15) is 0 Å². The zero-order valence-electron chi connectivity index (χ0n) is 13.6. The highest BCUT2D eigenvalue weighted by atomic mass is 16.5. The lowest BCUT2D eigenvalue weighted by molar-refractivity contribution is -0.118. The molecule has 0 saturated carbocycles. The molecule has 3 rings (SSSR count). The Morgan fingerprint density at radius 1 is 1.17 bits per heavy atom. The highest BCUT2D eigenvalue weighted by Gasteiger charge is 2.20. The van der Waals surface area contributed by atoms with Gasteiger partial charge in [0.1, 0.15) is 5.75 Å². The molecule has 0 spiro atoms. The Bertz CT molecular complexity index is 744. The van der Waals surface area contributed by atoms with Gasteiger partial charge in [-0.15, -0.1) is 0 Å². The van der Waals surface area contributed by atoms with E-state index in [0.29, 0.717) is 11.4 Å². The number of nitrogens with one attached hydrogen (secondary N) is 1. The third-order valence-corrected chi connectivity index (χ3v) is 3.98. The van der Waals surface area contributed by atoms with Crippen molar-refractivity contribution in [1.82, 2.24) is 0 Å². The number of rotatable bonds is 4. The van der Waals surface area contributed by atoms with Gasteiger partial charge in [0.15, 0.2) is 6.61 Å². The number of anilines is 2. The summed E-state index contributed by atoms with van der Waals surface area (Å²) in [6.45, 7) is 2.22. The second-order valence-corrected chi connectivity index (χ2v) is 5.77. The lowest BCUT2D eigenvalue weighted by atomic mass is 10.0. The molecule has 2 amide bonds. The quantitative estimate of drug-likeness (QED) is 0.940. The van der Waals surface area contributed by atoms with Crippen LogP contribution in [-0.4, -0.2) is 25.0 Å². The van der Waals surface area contributed by atoms with Crippen LogP contribution in [-0.2, 0) is 16.0 Å². The summed E-state index contributed by atoms with van der Waals surface area (Å²) in [6, 6.07) is 14.9. The fraction of sp³-hybridized carbons (Fsp3) is 0.263. The van der Waals surface area contributed by atoms with Crippen molar-refractivity contribution in [3.05, 3.63) is 54.1 Å². The minimum atomic E-state index is -0.232. The van der Waals surface area contributed by atoms with Crippen LogP contribution in [0.4, 0.5) is 11.4 Å². The van der Waals surface area contributed by atoms with E-state index in [1.54, 1.807) is 24.0 Å². The van der Waals surface area contributed by atoms with E-state index < -0.39 is 0 Å². The highest BCUT2D eigenvalue weighted by Crippen LogP contribution is 2.30. The van der Waals surface area contributed by atoms with Crippen molar-refractivity contribution in [2.24, 2.45) is 0 Å². The number of carbonyl (C=O) groups is 2. The number of nitrogens with zero attached hydrogens (tertiary/aromatic N) is 1. The highest BCUT2D eigenvalue weighted by molar-refractivity contribution is 5.96. The molecule has 5 heteroatoms. The molecule has 1 heterocycles. The number of aryl methyl sites for hydroxylation is 1. The molecule has 2 aromatic carbocycles. The predicted octanol–water partition coefficient (Wildman–Crippen LogP) is 3.00. The summed E-state index contributed by atoms with van der Waals surface area (Å²) in [7, 11) is 0. The zero-order chi connectivity index (χ0) is 16.9. The van der Waals surface area contributed by atoms with E-state index in [2.05, 4.69) is 5.32 Å².